The molecule has 0 radical (unpaired) electrons. The van der Waals surface area contributed by atoms with Gasteiger partial charge in [-0.05, 0) is 24.5 Å². The molecule has 0 unspecified atom stereocenters. The number of rotatable bonds is 5. The Balaban J connectivity index is 2.29. The molecule has 1 aromatic carbocycles. The zero-order chi connectivity index (χ0) is 10.2. The van der Waals surface area contributed by atoms with Gasteiger partial charge in [0.05, 0.1) is 0 Å². The minimum Gasteiger partial charge on any atom is -0.295 e. The largest absolute Gasteiger partial charge is 0.295 e. The second kappa shape index (κ2) is 6.14. The van der Waals surface area contributed by atoms with Gasteiger partial charge in [0.1, 0.15) is 0 Å². The third-order valence-corrected chi connectivity index (χ3v) is 2.09. The highest BCUT2D eigenvalue weighted by atomic mass is 16.1. The minimum absolute atomic E-state index is 0.207. The fourth-order valence-corrected chi connectivity index (χ4v) is 1.23. The van der Waals surface area contributed by atoms with Crippen molar-refractivity contribution in [3.63, 3.8) is 0 Å². The van der Waals surface area contributed by atoms with E-state index in [1.54, 1.807) is 6.08 Å². The average molecular weight is 188 g/mol. The van der Waals surface area contributed by atoms with Gasteiger partial charge in [-0.15, -0.1) is 0 Å². The lowest BCUT2D eigenvalue weighted by Gasteiger charge is -1.95. The number of carbonyl (C=O) groups excluding carboxylic acids is 1. The Morgan fingerprint density at radius 1 is 1.29 bits per heavy atom. The number of benzene rings is 1. The number of hydrogen-bond donors (Lipinski definition) is 0. The molecule has 0 aromatic heterocycles. The van der Waals surface area contributed by atoms with Crippen LogP contribution in [0.15, 0.2) is 42.5 Å². The quantitative estimate of drug-likeness (QED) is 0.649. The summed E-state index contributed by atoms with van der Waals surface area (Å²) < 4.78 is 0. The van der Waals surface area contributed by atoms with E-state index in [4.69, 9.17) is 0 Å². The first-order valence-corrected chi connectivity index (χ1v) is 5.06. The maximum Gasteiger partial charge on any atom is 0.155 e. The van der Waals surface area contributed by atoms with Gasteiger partial charge < -0.3 is 0 Å². The van der Waals surface area contributed by atoms with E-state index < -0.39 is 0 Å². The van der Waals surface area contributed by atoms with Crippen molar-refractivity contribution in [2.45, 2.75) is 26.2 Å². The standard InChI is InChI=1S/C13H16O/c1-2-13(14)11-7-6-10-12-8-4-3-5-9-12/h3-5,7-9,11H,2,6,10H2,1H3. The second-order valence-electron chi connectivity index (χ2n) is 3.25. The van der Waals surface area contributed by atoms with Gasteiger partial charge in [-0.1, -0.05) is 43.3 Å². The fourth-order valence-electron chi connectivity index (χ4n) is 1.23. The highest BCUT2D eigenvalue weighted by molar-refractivity contribution is 5.89. The Labute approximate surface area is 85.5 Å². The van der Waals surface area contributed by atoms with Crippen LogP contribution < -0.4 is 0 Å². The van der Waals surface area contributed by atoms with Gasteiger partial charge in [-0.25, -0.2) is 0 Å². The molecule has 0 spiro atoms. The third kappa shape index (κ3) is 4.04. The smallest absolute Gasteiger partial charge is 0.155 e. The van der Waals surface area contributed by atoms with E-state index in [1.807, 2.05) is 31.2 Å². The Morgan fingerprint density at radius 3 is 2.64 bits per heavy atom. The van der Waals surface area contributed by atoms with Gasteiger partial charge >= 0.3 is 0 Å². The summed E-state index contributed by atoms with van der Waals surface area (Å²) in [4.78, 5) is 10.9. The Kier molecular flexibility index (Phi) is 4.70. The highest BCUT2D eigenvalue weighted by Gasteiger charge is 1.90. The summed E-state index contributed by atoms with van der Waals surface area (Å²) in [5.41, 5.74) is 1.32. The normalized spacial score (nSPS) is 10.6. The first-order valence-electron chi connectivity index (χ1n) is 5.06. The molecular formula is C13H16O. The predicted molar refractivity (Wildman–Crippen MR) is 59.2 cm³/mol. The zero-order valence-electron chi connectivity index (χ0n) is 8.57. The molecule has 0 N–H and O–H groups in total. The molecule has 0 atom stereocenters. The fraction of sp³-hybridized carbons (Fsp3) is 0.308. The van der Waals surface area contributed by atoms with E-state index in [0.717, 1.165) is 12.8 Å². The molecule has 1 heteroatoms. The molecule has 0 heterocycles. The summed E-state index contributed by atoms with van der Waals surface area (Å²) in [6.07, 6.45) is 6.19. The molecule has 0 fully saturated rings. The molecule has 0 aliphatic rings. The van der Waals surface area contributed by atoms with Crippen LogP contribution >= 0.6 is 0 Å². The maximum atomic E-state index is 10.9. The van der Waals surface area contributed by atoms with Crippen LogP contribution in [0.5, 0.6) is 0 Å². The van der Waals surface area contributed by atoms with Crippen molar-refractivity contribution < 1.29 is 4.79 Å². The molecule has 0 aliphatic heterocycles. The van der Waals surface area contributed by atoms with Gasteiger partial charge in [0.15, 0.2) is 5.78 Å². The average Bonchev–Trinajstić information content (AvgIpc) is 2.25. The molecule has 1 rings (SSSR count). The molecule has 14 heavy (non-hydrogen) atoms. The van der Waals surface area contributed by atoms with Crippen LogP contribution in [0.2, 0.25) is 0 Å². The summed E-state index contributed by atoms with van der Waals surface area (Å²) >= 11 is 0. The summed E-state index contributed by atoms with van der Waals surface area (Å²) in [6.45, 7) is 1.88. The zero-order valence-corrected chi connectivity index (χ0v) is 8.57. The van der Waals surface area contributed by atoms with Crippen molar-refractivity contribution in [1.29, 1.82) is 0 Å². The van der Waals surface area contributed by atoms with Crippen LogP contribution in [-0.2, 0) is 11.2 Å². The van der Waals surface area contributed by atoms with E-state index >= 15 is 0 Å². The van der Waals surface area contributed by atoms with E-state index in [0.29, 0.717) is 6.42 Å². The first-order chi connectivity index (χ1) is 6.83. The van der Waals surface area contributed by atoms with Crippen LogP contribution in [0.3, 0.4) is 0 Å². The number of carbonyl (C=O) groups is 1. The van der Waals surface area contributed by atoms with Crippen LogP contribution in [0.1, 0.15) is 25.3 Å². The molecule has 0 saturated heterocycles. The second-order valence-corrected chi connectivity index (χ2v) is 3.25. The van der Waals surface area contributed by atoms with Crippen molar-refractivity contribution in [2.75, 3.05) is 0 Å². The Hall–Kier alpha value is -1.37. The van der Waals surface area contributed by atoms with E-state index in [-0.39, 0.29) is 5.78 Å². The van der Waals surface area contributed by atoms with Gasteiger partial charge in [-0.2, -0.15) is 0 Å². The molecule has 1 nitrogen and oxygen atoms in total. The Bertz CT molecular complexity index is 298. The molecule has 0 saturated carbocycles. The topological polar surface area (TPSA) is 17.1 Å². The lowest BCUT2D eigenvalue weighted by molar-refractivity contribution is -0.114. The molecule has 0 aliphatic carbocycles. The van der Waals surface area contributed by atoms with E-state index in [2.05, 4.69) is 12.1 Å². The van der Waals surface area contributed by atoms with Crippen molar-refractivity contribution >= 4 is 5.78 Å². The van der Waals surface area contributed by atoms with Crippen molar-refractivity contribution in [3.8, 4) is 0 Å². The number of allylic oxidation sites excluding steroid dienone is 2. The van der Waals surface area contributed by atoms with Crippen LogP contribution in [0, 0.1) is 0 Å². The summed E-state index contributed by atoms with van der Waals surface area (Å²) in [5.74, 6) is 0.207. The van der Waals surface area contributed by atoms with Crippen LogP contribution in [0.25, 0.3) is 0 Å². The molecular weight excluding hydrogens is 172 g/mol. The number of hydrogen-bond acceptors (Lipinski definition) is 1. The maximum absolute atomic E-state index is 10.9. The number of ketones is 1. The minimum atomic E-state index is 0.207. The van der Waals surface area contributed by atoms with Gasteiger partial charge in [0.2, 0.25) is 0 Å². The molecule has 0 amide bonds. The van der Waals surface area contributed by atoms with E-state index in [9.17, 15) is 4.79 Å². The van der Waals surface area contributed by atoms with Crippen LogP contribution in [0.4, 0.5) is 0 Å². The van der Waals surface area contributed by atoms with Gasteiger partial charge in [0.25, 0.3) is 0 Å². The van der Waals surface area contributed by atoms with Crippen molar-refractivity contribution in [1.82, 2.24) is 0 Å². The van der Waals surface area contributed by atoms with Crippen molar-refractivity contribution in [2.24, 2.45) is 0 Å². The summed E-state index contributed by atoms with van der Waals surface area (Å²) in [6, 6.07) is 10.3. The number of aryl methyl sites for hydroxylation is 1. The Morgan fingerprint density at radius 2 is 2.00 bits per heavy atom. The van der Waals surface area contributed by atoms with Gasteiger partial charge in [-0.3, -0.25) is 4.79 Å². The predicted octanol–water partition coefficient (Wildman–Crippen LogP) is 3.15. The van der Waals surface area contributed by atoms with E-state index in [1.165, 1.54) is 5.56 Å². The summed E-state index contributed by atoms with van der Waals surface area (Å²) in [5, 5.41) is 0. The third-order valence-electron chi connectivity index (χ3n) is 2.09. The van der Waals surface area contributed by atoms with Crippen molar-refractivity contribution in [3.05, 3.63) is 48.0 Å². The SMILES string of the molecule is CCC(=O)C=CCCc1ccccc1. The molecule has 0 bridgehead atoms. The first kappa shape index (κ1) is 10.7. The monoisotopic (exact) mass is 188 g/mol. The lowest BCUT2D eigenvalue weighted by Crippen LogP contribution is -1.88. The lowest BCUT2D eigenvalue weighted by atomic mass is 10.1. The highest BCUT2D eigenvalue weighted by Crippen LogP contribution is 2.02. The van der Waals surface area contributed by atoms with Crippen LogP contribution in [-0.4, -0.2) is 5.78 Å². The summed E-state index contributed by atoms with van der Waals surface area (Å²) in [7, 11) is 0. The van der Waals surface area contributed by atoms with Gasteiger partial charge in [0, 0.05) is 6.42 Å². The molecule has 74 valence electrons. The molecule has 1 aromatic rings.